The topological polar surface area (TPSA) is 41.1 Å². The van der Waals surface area contributed by atoms with Gasteiger partial charge in [0.05, 0.1) is 0 Å². The van der Waals surface area contributed by atoms with Gasteiger partial charge in [-0.05, 0) is 0 Å². The molecule has 1 aromatic carbocycles. The lowest BCUT2D eigenvalue weighted by Crippen LogP contribution is -2.50. The van der Waals surface area contributed by atoms with E-state index in [1.165, 1.54) is 24.3 Å². The number of rotatable bonds is 4. The molecular weight excluding hydrogens is 262 g/mol. The van der Waals surface area contributed by atoms with Crippen molar-refractivity contribution in [1.82, 2.24) is 10.6 Å². The lowest BCUT2D eigenvalue weighted by Gasteiger charge is -2.28. The van der Waals surface area contributed by atoms with Crippen LogP contribution in [0.3, 0.4) is 0 Å². The minimum absolute atomic E-state index is 0. The molecule has 2 N–H and O–H groups in total. The first-order chi connectivity index (χ1) is 8.10. The molecule has 1 amide bonds. The lowest BCUT2D eigenvalue weighted by molar-refractivity contribution is -0.147. The Kier molecular flexibility index (Phi) is 5.04. The Morgan fingerprint density at radius 3 is 2.44 bits per heavy atom. The van der Waals surface area contributed by atoms with Crippen molar-refractivity contribution in [3.05, 3.63) is 35.9 Å². The van der Waals surface area contributed by atoms with E-state index in [2.05, 4.69) is 10.6 Å². The van der Waals surface area contributed by atoms with Crippen LogP contribution in [0.4, 0.5) is 8.78 Å². The predicted octanol–water partition coefficient (Wildman–Crippen LogP) is 1.54. The van der Waals surface area contributed by atoms with Crippen LogP contribution in [-0.2, 0) is 10.7 Å². The highest BCUT2D eigenvalue weighted by molar-refractivity contribution is 5.85. The zero-order valence-corrected chi connectivity index (χ0v) is 10.5. The van der Waals surface area contributed by atoms with Crippen molar-refractivity contribution < 1.29 is 13.6 Å². The minimum Gasteiger partial charge on any atom is -0.350 e. The van der Waals surface area contributed by atoms with Gasteiger partial charge in [0.15, 0.2) is 0 Å². The van der Waals surface area contributed by atoms with Gasteiger partial charge < -0.3 is 10.6 Å². The molecule has 0 saturated carbocycles. The average Bonchev–Trinajstić information content (AvgIpc) is 2.28. The van der Waals surface area contributed by atoms with E-state index in [0.29, 0.717) is 6.54 Å². The van der Waals surface area contributed by atoms with E-state index in [1.807, 2.05) is 0 Å². The molecule has 0 aromatic heterocycles. The van der Waals surface area contributed by atoms with Gasteiger partial charge in [-0.3, -0.25) is 4.79 Å². The number of carbonyl (C=O) groups excluding carboxylic acids is 1. The van der Waals surface area contributed by atoms with Gasteiger partial charge in [-0.1, -0.05) is 30.3 Å². The van der Waals surface area contributed by atoms with Gasteiger partial charge >= 0.3 is 5.92 Å². The first-order valence-corrected chi connectivity index (χ1v) is 5.53. The predicted molar refractivity (Wildman–Crippen MR) is 67.0 cm³/mol. The van der Waals surface area contributed by atoms with E-state index >= 15 is 0 Å². The number of benzene rings is 1. The maximum Gasteiger partial charge on any atom is 0.349 e. The van der Waals surface area contributed by atoms with Crippen LogP contribution in [-0.4, -0.2) is 25.5 Å². The molecule has 0 radical (unpaired) electrons. The van der Waals surface area contributed by atoms with Crippen LogP contribution in [0.1, 0.15) is 5.56 Å². The third-order valence-corrected chi connectivity index (χ3v) is 2.84. The largest absolute Gasteiger partial charge is 0.350 e. The van der Waals surface area contributed by atoms with Crippen molar-refractivity contribution in [2.75, 3.05) is 19.6 Å². The molecule has 6 heteroatoms. The second kappa shape index (κ2) is 6.11. The fourth-order valence-corrected chi connectivity index (χ4v) is 1.62. The second-order valence-electron chi connectivity index (χ2n) is 4.17. The molecule has 1 heterocycles. The van der Waals surface area contributed by atoms with Crippen LogP contribution in [0.25, 0.3) is 0 Å². The van der Waals surface area contributed by atoms with Gasteiger partial charge in [-0.2, -0.15) is 8.78 Å². The molecule has 0 unspecified atom stereocenters. The van der Waals surface area contributed by atoms with E-state index < -0.39 is 11.8 Å². The Labute approximate surface area is 110 Å². The van der Waals surface area contributed by atoms with E-state index in [-0.39, 0.29) is 23.9 Å². The fourth-order valence-electron chi connectivity index (χ4n) is 1.62. The lowest BCUT2D eigenvalue weighted by atomic mass is 10.0. The van der Waals surface area contributed by atoms with E-state index in [9.17, 15) is 13.6 Å². The van der Waals surface area contributed by atoms with Crippen molar-refractivity contribution in [3.8, 4) is 0 Å². The molecule has 3 nitrogen and oxygen atoms in total. The average molecular weight is 277 g/mol. The molecule has 0 aliphatic carbocycles. The van der Waals surface area contributed by atoms with Crippen molar-refractivity contribution >= 4 is 18.3 Å². The third-order valence-electron chi connectivity index (χ3n) is 2.84. The van der Waals surface area contributed by atoms with Crippen molar-refractivity contribution in [2.24, 2.45) is 5.92 Å². The molecule has 1 saturated heterocycles. The first-order valence-electron chi connectivity index (χ1n) is 5.53. The summed E-state index contributed by atoms with van der Waals surface area (Å²) in [6, 6.07) is 7.13. The zero-order valence-electron chi connectivity index (χ0n) is 9.66. The fraction of sp³-hybridized carbons (Fsp3) is 0.417. The summed E-state index contributed by atoms with van der Waals surface area (Å²) in [5.74, 6) is -4.42. The number of amides is 1. The number of hydrogen-bond acceptors (Lipinski definition) is 2. The summed E-state index contributed by atoms with van der Waals surface area (Å²) < 4.78 is 27.4. The van der Waals surface area contributed by atoms with Crippen molar-refractivity contribution in [3.63, 3.8) is 0 Å². The molecule has 100 valence electrons. The van der Waals surface area contributed by atoms with E-state index in [1.54, 1.807) is 6.07 Å². The van der Waals surface area contributed by atoms with Gasteiger partial charge in [0.25, 0.3) is 5.91 Å². The second-order valence-corrected chi connectivity index (χ2v) is 4.17. The number of nitrogens with one attached hydrogen (secondary N) is 2. The quantitative estimate of drug-likeness (QED) is 0.876. The molecular formula is C12H15ClF2N2O. The molecule has 1 aliphatic rings. The summed E-state index contributed by atoms with van der Waals surface area (Å²) in [5, 5.41) is 5.31. The summed E-state index contributed by atoms with van der Waals surface area (Å²) in [6.45, 7) is 1.85. The van der Waals surface area contributed by atoms with Gasteiger partial charge in [0, 0.05) is 31.1 Å². The van der Waals surface area contributed by atoms with Crippen LogP contribution in [0.5, 0.6) is 0 Å². The SMILES string of the molecule is Cl.O=C(NCC1CNC1)C(F)(F)c1ccccc1. The summed E-state index contributed by atoms with van der Waals surface area (Å²) in [4.78, 5) is 11.4. The van der Waals surface area contributed by atoms with E-state index in [0.717, 1.165) is 13.1 Å². The van der Waals surface area contributed by atoms with Crippen LogP contribution in [0.15, 0.2) is 30.3 Å². The number of carbonyl (C=O) groups is 1. The molecule has 2 rings (SSSR count). The maximum atomic E-state index is 13.7. The van der Waals surface area contributed by atoms with Crippen molar-refractivity contribution in [2.45, 2.75) is 5.92 Å². The highest BCUT2D eigenvalue weighted by Crippen LogP contribution is 2.27. The van der Waals surface area contributed by atoms with Gasteiger partial charge in [-0.15, -0.1) is 12.4 Å². The minimum atomic E-state index is -3.46. The highest BCUT2D eigenvalue weighted by Gasteiger charge is 2.40. The van der Waals surface area contributed by atoms with Crippen LogP contribution in [0, 0.1) is 5.92 Å². The van der Waals surface area contributed by atoms with Crippen LogP contribution >= 0.6 is 12.4 Å². The summed E-state index contributed by atoms with van der Waals surface area (Å²) in [6.07, 6.45) is 0. The standard InChI is InChI=1S/C12H14F2N2O.ClH/c13-12(14,10-4-2-1-3-5-10)11(17)16-8-9-6-15-7-9;/h1-5,9,15H,6-8H2,(H,16,17);1H. The Morgan fingerprint density at radius 1 is 1.33 bits per heavy atom. The number of halogens is 3. The third kappa shape index (κ3) is 3.17. The Morgan fingerprint density at radius 2 is 1.94 bits per heavy atom. The summed E-state index contributed by atoms with van der Waals surface area (Å²) >= 11 is 0. The molecule has 0 atom stereocenters. The normalized spacial score (nSPS) is 15.4. The zero-order chi connectivity index (χ0) is 12.3. The first kappa shape index (κ1) is 14.9. The van der Waals surface area contributed by atoms with Crippen LogP contribution < -0.4 is 10.6 Å². The number of alkyl halides is 2. The Bertz CT molecular complexity index is 396. The number of hydrogen-bond donors (Lipinski definition) is 2. The Balaban J connectivity index is 0.00000162. The van der Waals surface area contributed by atoms with Gasteiger partial charge in [0.1, 0.15) is 0 Å². The summed E-state index contributed by atoms with van der Waals surface area (Å²) in [7, 11) is 0. The molecule has 1 aliphatic heterocycles. The van der Waals surface area contributed by atoms with Crippen molar-refractivity contribution in [1.29, 1.82) is 0 Å². The summed E-state index contributed by atoms with van der Waals surface area (Å²) in [5.41, 5.74) is -0.274. The molecule has 0 bridgehead atoms. The molecule has 18 heavy (non-hydrogen) atoms. The molecule has 1 fully saturated rings. The molecule has 0 spiro atoms. The molecule has 1 aromatic rings. The van der Waals surface area contributed by atoms with Gasteiger partial charge in [-0.25, -0.2) is 0 Å². The van der Waals surface area contributed by atoms with Crippen LogP contribution in [0.2, 0.25) is 0 Å². The van der Waals surface area contributed by atoms with Gasteiger partial charge in [0.2, 0.25) is 0 Å². The maximum absolute atomic E-state index is 13.7. The monoisotopic (exact) mass is 276 g/mol. The highest BCUT2D eigenvalue weighted by atomic mass is 35.5. The smallest absolute Gasteiger partial charge is 0.349 e. The Hall–Kier alpha value is -1.20. The van der Waals surface area contributed by atoms with E-state index in [4.69, 9.17) is 0 Å².